The minimum Gasteiger partial charge on any atom is -0.466 e. The van der Waals surface area contributed by atoms with Crippen LogP contribution in [0.25, 0.3) is 0 Å². The lowest BCUT2D eigenvalue weighted by Crippen LogP contribution is -2.14. The van der Waals surface area contributed by atoms with Crippen molar-refractivity contribution < 1.29 is 43.4 Å². The first-order valence-corrected chi connectivity index (χ1v) is 8.03. The summed E-state index contributed by atoms with van der Waals surface area (Å²) in [6.07, 6.45) is 1.11. The standard InChI is InChI=1S/C12H26O7.C4H6O2/c13-1-3-15-5-7-17-9-11-19-12-10-18-8-6-16-4-2-14;1-3-4(5)6-2/h13-14H,1-12H2;3H,1H2,2H3. The quantitative estimate of drug-likeness (QED) is 0.197. The number of hydrogen-bond acceptors (Lipinski definition) is 9. The Hall–Kier alpha value is -1.07. The summed E-state index contributed by atoms with van der Waals surface area (Å²) in [7, 11) is 1.31. The molecule has 0 aromatic carbocycles. The van der Waals surface area contributed by atoms with Crippen LogP contribution in [0.4, 0.5) is 0 Å². The second-order valence-electron chi connectivity index (χ2n) is 4.24. The molecular formula is C16H32O9. The van der Waals surface area contributed by atoms with E-state index < -0.39 is 5.97 Å². The Labute approximate surface area is 149 Å². The predicted molar refractivity (Wildman–Crippen MR) is 90.5 cm³/mol. The van der Waals surface area contributed by atoms with E-state index in [4.69, 9.17) is 33.9 Å². The molecule has 0 saturated heterocycles. The molecule has 0 aromatic heterocycles. The van der Waals surface area contributed by atoms with Gasteiger partial charge in [0.2, 0.25) is 0 Å². The van der Waals surface area contributed by atoms with E-state index in [-0.39, 0.29) is 13.2 Å². The van der Waals surface area contributed by atoms with Gasteiger partial charge in [-0.15, -0.1) is 0 Å². The van der Waals surface area contributed by atoms with E-state index in [0.717, 1.165) is 6.08 Å². The Balaban J connectivity index is 0. The van der Waals surface area contributed by atoms with Crippen LogP contribution < -0.4 is 0 Å². The highest BCUT2D eigenvalue weighted by Gasteiger charge is 1.92. The van der Waals surface area contributed by atoms with E-state index in [9.17, 15) is 4.79 Å². The Morgan fingerprint density at radius 3 is 1.16 bits per heavy atom. The lowest BCUT2D eigenvalue weighted by molar-refractivity contribution is -0.134. The molecule has 0 unspecified atom stereocenters. The number of carbonyl (C=O) groups is 1. The van der Waals surface area contributed by atoms with Gasteiger partial charge in [-0.1, -0.05) is 6.58 Å². The van der Waals surface area contributed by atoms with E-state index in [1.165, 1.54) is 7.11 Å². The number of ether oxygens (including phenoxy) is 6. The normalized spacial score (nSPS) is 10.0. The SMILES string of the molecule is C=CC(=O)OC.OCCOCCOCCOCCOCCOCCO. The van der Waals surface area contributed by atoms with E-state index in [1.54, 1.807) is 0 Å². The summed E-state index contributed by atoms with van der Waals surface area (Å²) in [5.74, 6) is -0.394. The van der Waals surface area contributed by atoms with Crippen molar-refractivity contribution in [1.29, 1.82) is 0 Å². The molecule has 0 aliphatic heterocycles. The van der Waals surface area contributed by atoms with Crippen LogP contribution in [0.2, 0.25) is 0 Å². The van der Waals surface area contributed by atoms with Gasteiger partial charge in [0.15, 0.2) is 0 Å². The minimum absolute atomic E-state index is 0.0359. The number of rotatable bonds is 17. The van der Waals surface area contributed by atoms with Gasteiger partial charge in [-0.05, 0) is 0 Å². The first kappa shape index (κ1) is 26.2. The third kappa shape index (κ3) is 28.0. The molecule has 0 amide bonds. The van der Waals surface area contributed by atoms with Crippen molar-refractivity contribution in [3.05, 3.63) is 12.7 Å². The third-order valence-electron chi connectivity index (χ3n) is 2.33. The van der Waals surface area contributed by atoms with Crippen molar-refractivity contribution in [2.45, 2.75) is 0 Å². The van der Waals surface area contributed by atoms with Crippen LogP contribution in [0, 0.1) is 0 Å². The molecule has 2 N–H and O–H groups in total. The van der Waals surface area contributed by atoms with E-state index in [0.29, 0.717) is 66.1 Å². The van der Waals surface area contributed by atoms with Gasteiger partial charge in [0.1, 0.15) is 0 Å². The molecule has 0 bridgehead atoms. The molecule has 0 aliphatic carbocycles. The van der Waals surface area contributed by atoms with Crippen LogP contribution in [0.3, 0.4) is 0 Å². The summed E-state index contributed by atoms with van der Waals surface area (Å²) < 4.78 is 29.9. The number of esters is 1. The Bertz CT molecular complexity index is 258. The van der Waals surface area contributed by atoms with Gasteiger partial charge < -0.3 is 38.6 Å². The van der Waals surface area contributed by atoms with Crippen molar-refractivity contribution in [2.24, 2.45) is 0 Å². The highest BCUT2D eigenvalue weighted by molar-refractivity contribution is 5.80. The molecule has 0 atom stereocenters. The number of carbonyl (C=O) groups excluding carboxylic acids is 1. The van der Waals surface area contributed by atoms with Gasteiger partial charge >= 0.3 is 5.97 Å². The van der Waals surface area contributed by atoms with E-state index >= 15 is 0 Å². The van der Waals surface area contributed by atoms with Crippen molar-refractivity contribution in [3.8, 4) is 0 Å². The van der Waals surface area contributed by atoms with Crippen LogP contribution in [0.15, 0.2) is 12.7 Å². The lowest BCUT2D eigenvalue weighted by atomic mass is 10.7. The second-order valence-corrected chi connectivity index (χ2v) is 4.24. The zero-order chi connectivity index (χ0) is 19.0. The monoisotopic (exact) mass is 368 g/mol. The summed E-state index contributed by atoms with van der Waals surface area (Å²) in [5, 5.41) is 16.9. The number of hydrogen-bond donors (Lipinski definition) is 2. The van der Waals surface area contributed by atoms with Gasteiger partial charge in [0, 0.05) is 6.08 Å². The molecule has 9 heteroatoms. The van der Waals surface area contributed by atoms with Crippen molar-refractivity contribution in [2.75, 3.05) is 86.4 Å². The first-order valence-electron chi connectivity index (χ1n) is 8.03. The van der Waals surface area contributed by atoms with E-state index in [1.807, 2.05) is 0 Å². The molecule has 0 spiro atoms. The summed E-state index contributed by atoms with van der Waals surface area (Å²) >= 11 is 0. The molecule has 0 fully saturated rings. The van der Waals surface area contributed by atoms with Crippen LogP contribution in [-0.2, 0) is 33.2 Å². The van der Waals surface area contributed by atoms with Crippen LogP contribution in [0.1, 0.15) is 0 Å². The lowest BCUT2D eigenvalue weighted by Gasteiger charge is -2.07. The van der Waals surface area contributed by atoms with Gasteiger partial charge in [-0.25, -0.2) is 4.79 Å². The average Bonchev–Trinajstić information content (AvgIpc) is 2.64. The van der Waals surface area contributed by atoms with Gasteiger partial charge in [0.25, 0.3) is 0 Å². The molecule has 0 saturated carbocycles. The van der Waals surface area contributed by atoms with Gasteiger partial charge in [-0.3, -0.25) is 0 Å². The topological polar surface area (TPSA) is 113 Å². The van der Waals surface area contributed by atoms with Crippen LogP contribution in [-0.4, -0.2) is 103 Å². The smallest absolute Gasteiger partial charge is 0.329 e. The van der Waals surface area contributed by atoms with Gasteiger partial charge in [-0.2, -0.15) is 0 Å². The molecule has 0 aromatic rings. The largest absolute Gasteiger partial charge is 0.466 e. The van der Waals surface area contributed by atoms with E-state index in [2.05, 4.69) is 11.3 Å². The Kier molecular flexibility index (Phi) is 26.3. The number of aliphatic hydroxyl groups is 2. The number of methoxy groups -OCH3 is 1. The number of aliphatic hydroxyl groups excluding tert-OH is 2. The maximum absolute atomic E-state index is 9.84. The molecular weight excluding hydrogens is 336 g/mol. The van der Waals surface area contributed by atoms with Crippen molar-refractivity contribution >= 4 is 5.97 Å². The molecule has 25 heavy (non-hydrogen) atoms. The minimum atomic E-state index is -0.394. The van der Waals surface area contributed by atoms with Gasteiger partial charge in [0.05, 0.1) is 86.4 Å². The third-order valence-corrected chi connectivity index (χ3v) is 2.33. The second kappa shape index (κ2) is 25.2. The fourth-order valence-electron chi connectivity index (χ4n) is 1.19. The fourth-order valence-corrected chi connectivity index (χ4v) is 1.19. The Morgan fingerprint density at radius 1 is 0.720 bits per heavy atom. The maximum atomic E-state index is 9.84. The zero-order valence-electron chi connectivity index (χ0n) is 15.0. The first-order chi connectivity index (χ1) is 12.2. The summed E-state index contributed by atoms with van der Waals surface area (Å²) in [5.41, 5.74) is 0. The molecule has 0 heterocycles. The van der Waals surface area contributed by atoms with Crippen molar-refractivity contribution in [1.82, 2.24) is 0 Å². The summed E-state index contributed by atoms with van der Waals surface area (Å²) in [6, 6.07) is 0. The molecule has 0 rings (SSSR count). The molecule has 9 nitrogen and oxygen atoms in total. The summed E-state index contributed by atoms with van der Waals surface area (Å²) in [6.45, 7) is 7.96. The zero-order valence-corrected chi connectivity index (χ0v) is 15.0. The molecule has 150 valence electrons. The van der Waals surface area contributed by atoms with Crippen LogP contribution >= 0.6 is 0 Å². The van der Waals surface area contributed by atoms with Crippen molar-refractivity contribution in [3.63, 3.8) is 0 Å². The highest BCUT2D eigenvalue weighted by Crippen LogP contribution is 1.83. The van der Waals surface area contributed by atoms with Crippen LogP contribution in [0.5, 0.6) is 0 Å². The summed E-state index contributed by atoms with van der Waals surface area (Å²) in [4.78, 5) is 9.84. The Morgan fingerprint density at radius 2 is 1.00 bits per heavy atom. The fraction of sp³-hybridized carbons (Fsp3) is 0.812. The highest BCUT2D eigenvalue weighted by atomic mass is 16.6. The predicted octanol–water partition coefficient (Wildman–Crippen LogP) is -0.601. The molecule has 0 aliphatic rings. The molecule has 0 radical (unpaired) electrons. The maximum Gasteiger partial charge on any atom is 0.329 e. The average molecular weight is 368 g/mol.